The van der Waals surface area contributed by atoms with Gasteiger partial charge in [-0.3, -0.25) is 4.79 Å². The van der Waals surface area contributed by atoms with Crippen molar-refractivity contribution < 1.29 is 4.79 Å². The molecule has 1 amide bonds. The van der Waals surface area contributed by atoms with E-state index >= 15 is 0 Å². The SMILES string of the molecule is CCN(CC)c1ccc(C=NNC(=O)C(C)Nc2ccc(Cl)cc2)cc1. The summed E-state index contributed by atoms with van der Waals surface area (Å²) in [6.45, 7) is 7.98. The highest BCUT2D eigenvalue weighted by molar-refractivity contribution is 6.30. The Kier molecular flexibility index (Phi) is 7.48. The second-order valence-corrected chi connectivity index (χ2v) is 6.31. The van der Waals surface area contributed by atoms with Gasteiger partial charge in [0.05, 0.1) is 6.21 Å². The molecule has 0 heterocycles. The third kappa shape index (κ3) is 5.77. The summed E-state index contributed by atoms with van der Waals surface area (Å²) in [6.07, 6.45) is 1.64. The van der Waals surface area contributed by atoms with Crippen LogP contribution in [-0.4, -0.2) is 31.3 Å². The Labute approximate surface area is 160 Å². The van der Waals surface area contributed by atoms with Gasteiger partial charge in [0.1, 0.15) is 6.04 Å². The van der Waals surface area contributed by atoms with Crippen LogP contribution in [-0.2, 0) is 4.79 Å². The summed E-state index contributed by atoms with van der Waals surface area (Å²) in [7, 11) is 0. The lowest BCUT2D eigenvalue weighted by atomic mass is 10.2. The predicted octanol–water partition coefficient (Wildman–Crippen LogP) is 4.14. The number of hydrogen-bond donors (Lipinski definition) is 2. The summed E-state index contributed by atoms with van der Waals surface area (Å²) in [5.41, 5.74) is 5.49. The van der Waals surface area contributed by atoms with E-state index in [-0.39, 0.29) is 5.91 Å². The molecule has 2 aromatic carbocycles. The fourth-order valence-corrected chi connectivity index (χ4v) is 2.61. The van der Waals surface area contributed by atoms with Gasteiger partial charge in [-0.25, -0.2) is 5.43 Å². The van der Waals surface area contributed by atoms with Crippen LogP contribution in [0, 0.1) is 0 Å². The van der Waals surface area contributed by atoms with Crippen molar-refractivity contribution in [2.45, 2.75) is 26.8 Å². The van der Waals surface area contributed by atoms with E-state index in [2.05, 4.69) is 46.7 Å². The minimum absolute atomic E-state index is 0.212. The predicted molar refractivity (Wildman–Crippen MR) is 110 cm³/mol. The molecule has 6 heteroatoms. The number of nitrogens with zero attached hydrogens (tertiary/aromatic N) is 2. The number of anilines is 2. The standard InChI is InChI=1S/C20H25ClN4O/c1-4-25(5-2)19-12-6-16(7-13-19)14-22-24-20(26)15(3)23-18-10-8-17(21)9-11-18/h6-15,23H,4-5H2,1-3H3,(H,24,26). The zero-order valence-corrected chi connectivity index (χ0v) is 16.1. The Morgan fingerprint density at radius 2 is 1.73 bits per heavy atom. The van der Waals surface area contributed by atoms with E-state index in [1.807, 2.05) is 24.3 Å². The van der Waals surface area contributed by atoms with Crippen molar-refractivity contribution in [1.82, 2.24) is 5.43 Å². The van der Waals surface area contributed by atoms with Gasteiger partial charge in [0.15, 0.2) is 0 Å². The molecule has 26 heavy (non-hydrogen) atoms. The van der Waals surface area contributed by atoms with Crippen LogP contribution in [0.5, 0.6) is 0 Å². The van der Waals surface area contributed by atoms with E-state index in [0.29, 0.717) is 5.02 Å². The summed E-state index contributed by atoms with van der Waals surface area (Å²) < 4.78 is 0. The van der Waals surface area contributed by atoms with Gasteiger partial charge in [-0.2, -0.15) is 5.10 Å². The average Bonchev–Trinajstić information content (AvgIpc) is 2.65. The highest BCUT2D eigenvalue weighted by Crippen LogP contribution is 2.15. The van der Waals surface area contributed by atoms with Crippen molar-refractivity contribution in [3.05, 3.63) is 59.1 Å². The molecular weight excluding hydrogens is 348 g/mol. The number of hydrazone groups is 1. The van der Waals surface area contributed by atoms with Crippen LogP contribution in [0.1, 0.15) is 26.3 Å². The Balaban J connectivity index is 1.86. The van der Waals surface area contributed by atoms with Crippen molar-refractivity contribution in [3.8, 4) is 0 Å². The van der Waals surface area contributed by atoms with Crippen LogP contribution < -0.4 is 15.6 Å². The van der Waals surface area contributed by atoms with Crippen molar-refractivity contribution in [2.24, 2.45) is 5.10 Å². The fraction of sp³-hybridized carbons (Fsp3) is 0.300. The van der Waals surface area contributed by atoms with Gasteiger partial charge >= 0.3 is 0 Å². The topological polar surface area (TPSA) is 56.7 Å². The minimum atomic E-state index is -0.418. The lowest BCUT2D eigenvalue weighted by molar-refractivity contribution is -0.121. The number of carbonyl (C=O) groups excluding carboxylic acids is 1. The maximum atomic E-state index is 12.1. The number of hydrogen-bond acceptors (Lipinski definition) is 4. The van der Waals surface area contributed by atoms with Gasteiger partial charge < -0.3 is 10.2 Å². The zero-order chi connectivity index (χ0) is 18.9. The molecule has 0 aliphatic carbocycles. The highest BCUT2D eigenvalue weighted by atomic mass is 35.5. The van der Waals surface area contributed by atoms with Crippen LogP contribution >= 0.6 is 11.6 Å². The van der Waals surface area contributed by atoms with E-state index < -0.39 is 6.04 Å². The molecule has 0 aliphatic heterocycles. The highest BCUT2D eigenvalue weighted by Gasteiger charge is 2.11. The van der Waals surface area contributed by atoms with Crippen LogP contribution in [0.2, 0.25) is 5.02 Å². The Hall–Kier alpha value is -2.53. The second kappa shape index (κ2) is 9.82. The minimum Gasteiger partial charge on any atom is -0.374 e. The monoisotopic (exact) mass is 372 g/mol. The molecule has 2 aromatic rings. The van der Waals surface area contributed by atoms with E-state index in [1.54, 1.807) is 25.3 Å². The van der Waals surface area contributed by atoms with E-state index in [1.165, 1.54) is 5.69 Å². The number of halogens is 1. The van der Waals surface area contributed by atoms with Gasteiger partial charge in [-0.05, 0) is 62.7 Å². The van der Waals surface area contributed by atoms with E-state index in [0.717, 1.165) is 24.3 Å². The third-order valence-corrected chi connectivity index (χ3v) is 4.28. The summed E-state index contributed by atoms with van der Waals surface area (Å²) >= 11 is 5.85. The van der Waals surface area contributed by atoms with Gasteiger partial charge in [0.2, 0.25) is 0 Å². The Morgan fingerprint density at radius 1 is 1.12 bits per heavy atom. The smallest absolute Gasteiger partial charge is 0.262 e. The van der Waals surface area contributed by atoms with Crippen molar-refractivity contribution in [2.75, 3.05) is 23.3 Å². The quantitative estimate of drug-likeness (QED) is 0.541. The number of benzene rings is 2. The molecule has 0 bridgehead atoms. The first-order valence-electron chi connectivity index (χ1n) is 8.73. The molecule has 0 saturated heterocycles. The largest absolute Gasteiger partial charge is 0.374 e. The molecule has 0 fully saturated rings. The first kappa shape index (κ1) is 19.8. The molecule has 5 nitrogen and oxygen atoms in total. The van der Waals surface area contributed by atoms with Crippen molar-refractivity contribution in [3.63, 3.8) is 0 Å². The van der Waals surface area contributed by atoms with Crippen LogP contribution in [0.25, 0.3) is 0 Å². The van der Waals surface area contributed by atoms with Crippen LogP contribution in [0.4, 0.5) is 11.4 Å². The summed E-state index contributed by atoms with van der Waals surface area (Å²) in [5, 5.41) is 7.79. The zero-order valence-electron chi connectivity index (χ0n) is 15.4. The van der Waals surface area contributed by atoms with Gasteiger partial charge in [-0.15, -0.1) is 0 Å². The van der Waals surface area contributed by atoms with Crippen molar-refractivity contribution >= 4 is 35.1 Å². The normalized spacial score (nSPS) is 12.0. The third-order valence-electron chi connectivity index (χ3n) is 4.03. The number of rotatable bonds is 8. The fourth-order valence-electron chi connectivity index (χ4n) is 2.49. The summed E-state index contributed by atoms with van der Waals surface area (Å²) in [6, 6.07) is 14.9. The first-order valence-corrected chi connectivity index (χ1v) is 9.11. The Bertz CT molecular complexity index is 724. The molecule has 2 rings (SSSR count). The van der Waals surface area contributed by atoms with Gasteiger partial charge in [0, 0.05) is 29.5 Å². The Morgan fingerprint density at radius 3 is 2.31 bits per heavy atom. The maximum Gasteiger partial charge on any atom is 0.262 e. The molecule has 0 radical (unpaired) electrons. The van der Waals surface area contributed by atoms with Crippen LogP contribution in [0.15, 0.2) is 53.6 Å². The van der Waals surface area contributed by atoms with Gasteiger partial charge in [0.25, 0.3) is 5.91 Å². The number of nitrogens with one attached hydrogen (secondary N) is 2. The summed E-state index contributed by atoms with van der Waals surface area (Å²) in [4.78, 5) is 14.4. The molecule has 0 saturated carbocycles. The maximum absolute atomic E-state index is 12.1. The molecule has 0 aromatic heterocycles. The number of carbonyl (C=O) groups is 1. The molecule has 1 atom stereocenters. The molecule has 1 unspecified atom stereocenters. The second-order valence-electron chi connectivity index (χ2n) is 5.87. The van der Waals surface area contributed by atoms with E-state index in [9.17, 15) is 4.79 Å². The number of amides is 1. The lowest BCUT2D eigenvalue weighted by Crippen LogP contribution is -2.34. The molecule has 0 spiro atoms. The average molecular weight is 373 g/mol. The lowest BCUT2D eigenvalue weighted by Gasteiger charge is -2.20. The van der Waals surface area contributed by atoms with Crippen LogP contribution in [0.3, 0.4) is 0 Å². The molecule has 2 N–H and O–H groups in total. The molecule has 138 valence electrons. The van der Waals surface area contributed by atoms with Gasteiger partial charge in [-0.1, -0.05) is 23.7 Å². The summed E-state index contributed by atoms with van der Waals surface area (Å²) in [5.74, 6) is -0.212. The van der Waals surface area contributed by atoms with Crippen molar-refractivity contribution in [1.29, 1.82) is 0 Å². The first-order chi connectivity index (χ1) is 12.5. The van der Waals surface area contributed by atoms with E-state index in [4.69, 9.17) is 11.6 Å². The molecule has 0 aliphatic rings. The molecular formula is C20H25ClN4O.